The van der Waals surface area contributed by atoms with Gasteiger partial charge < -0.3 is 4.90 Å². The third-order valence-electron chi connectivity index (χ3n) is 13.0. The van der Waals surface area contributed by atoms with Crippen LogP contribution in [0.4, 0.5) is 5.69 Å². The van der Waals surface area contributed by atoms with Gasteiger partial charge in [0.2, 0.25) is 0 Å². The minimum Gasteiger partial charge on any atom is -0.378 e. The molecule has 6 rings (SSSR count). The fraction of sp³-hybridized carbons (Fsp3) is 0.556. The largest absolute Gasteiger partial charge is 0.378 e. The Labute approximate surface area is 351 Å². The van der Waals surface area contributed by atoms with Crippen LogP contribution in [0.15, 0.2) is 54.6 Å². The Hall–Kier alpha value is -4.10. The molecule has 0 bridgehead atoms. The first-order valence-electron chi connectivity index (χ1n) is 23.7. The normalized spacial score (nSPS) is 13.6. The van der Waals surface area contributed by atoms with Gasteiger partial charge in [-0.3, -0.25) is 14.5 Å². The number of benzene rings is 4. The fourth-order valence-corrected chi connectivity index (χ4v) is 9.48. The molecule has 310 valence electrons. The Morgan fingerprint density at radius 1 is 0.552 bits per heavy atom. The summed E-state index contributed by atoms with van der Waals surface area (Å²) in [4.78, 5) is 32.2. The summed E-state index contributed by atoms with van der Waals surface area (Å²) in [6.07, 6.45) is 34.0. The number of aryl methyl sites for hydroxylation is 2. The molecular formula is C54H72N2O2. The van der Waals surface area contributed by atoms with Gasteiger partial charge in [-0.25, -0.2) is 0 Å². The fourth-order valence-electron chi connectivity index (χ4n) is 9.48. The maximum Gasteiger partial charge on any atom is 0.262 e. The summed E-state index contributed by atoms with van der Waals surface area (Å²) in [5, 5.41) is 3.66. The van der Waals surface area contributed by atoms with Gasteiger partial charge in [0.25, 0.3) is 11.8 Å². The third kappa shape index (κ3) is 11.5. The number of unbranched alkanes of at least 4 members (excludes halogenated alkanes) is 21. The number of carbonyl (C=O) groups is 2. The zero-order chi connectivity index (χ0) is 40.5. The van der Waals surface area contributed by atoms with E-state index in [1.165, 1.54) is 146 Å². The van der Waals surface area contributed by atoms with Gasteiger partial charge in [0.15, 0.2) is 0 Å². The number of imide groups is 1. The van der Waals surface area contributed by atoms with Crippen molar-refractivity contribution in [3.05, 3.63) is 88.0 Å². The number of amides is 2. The van der Waals surface area contributed by atoms with E-state index in [-0.39, 0.29) is 11.8 Å². The standard InChI is InChI=1S/C54H72N2O2/c1-4-5-6-7-8-9-10-11-12-13-14-15-16-17-18-19-20-21-22-23-24-27-39-56-53(57)48-32-28-31-47-46(38-35-42-33-36-45(37-34-42)55(2)3)49-40-43-29-25-26-30-44(43)41-50(49)52(51(47)48)54(56)58/h28,31-34,36-37,40-41H,4-27,29-30,39H2,1-3H3. The van der Waals surface area contributed by atoms with E-state index in [2.05, 4.69) is 66.1 Å². The van der Waals surface area contributed by atoms with Gasteiger partial charge in [0, 0.05) is 48.4 Å². The van der Waals surface area contributed by atoms with Crippen molar-refractivity contribution in [1.82, 2.24) is 4.90 Å². The Balaban J connectivity index is 0.971. The predicted octanol–water partition coefficient (Wildman–Crippen LogP) is 14.5. The summed E-state index contributed by atoms with van der Waals surface area (Å²) < 4.78 is 0. The molecule has 0 atom stereocenters. The molecule has 4 aromatic rings. The molecule has 2 aliphatic rings. The monoisotopic (exact) mass is 781 g/mol. The Bertz CT molecular complexity index is 2010. The van der Waals surface area contributed by atoms with Crippen LogP contribution in [0.5, 0.6) is 0 Å². The van der Waals surface area contributed by atoms with Gasteiger partial charge in [0.1, 0.15) is 0 Å². The van der Waals surface area contributed by atoms with Crippen LogP contribution in [0.3, 0.4) is 0 Å². The van der Waals surface area contributed by atoms with Crippen molar-refractivity contribution in [1.29, 1.82) is 0 Å². The molecule has 0 aromatic heterocycles. The summed E-state index contributed by atoms with van der Waals surface area (Å²) in [5.74, 6) is 6.66. The maximum atomic E-state index is 14.5. The SMILES string of the molecule is CCCCCCCCCCCCCCCCCCCCCCCCN1C(=O)c2cccc3c(C#Cc4ccc(N(C)C)cc4)c4cc5c(cc4c(c23)C1=O)CCCC5. The van der Waals surface area contributed by atoms with Gasteiger partial charge in [-0.2, -0.15) is 0 Å². The van der Waals surface area contributed by atoms with E-state index in [9.17, 15) is 9.59 Å². The summed E-state index contributed by atoms with van der Waals surface area (Å²) in [7, 11) is 4.08. The number of hydrogen-bond acceptors (Lipinski definition) is 3. The van der Waals surface area contributed by atoms with Crippen LogP contribution < -0.4 is 4.90 Å². The van der Waals surface area contributed by atoms with Gasteiger partial charge in [-0.1, -0.05) is 172 Å². The first-order chi connectivity index (χ1) is 28.5. The smallest absolute Gasteiger partial charge is 0.262 e. The Morgan fingerprint density at radius 2 is 1.05 bits per heavy atom. The third-order valence-corrected chi connectivity index (χ3v) is 13.0. The molecule has 1 aliphatic heterocycles. The van der Waals surface area contributed by atoms with Crippen LogP contribution in [0.1, 0.15) is 204 Å². The Kier molecular flexibility index (Phi) is 17.2. The number of hydrogen-bond donors (Lipinski definition) is 0. The van der Waals surface area contributed by atoms with Crippen molar-refractivity contribution < 1.29 is 9.59 Å². The van der Waals surface area contributed by atoms with Crippen LogP contribution in [0.25, 0.3) is 21.5 Å². The molecule has 1 heterocycles. The van der Waals surface area contributed by atoms with Crippen LogP contribution in [-0.4, -0.2) is 37.4 Å². The van der Waals surface area contributed by atoms with Gasteiger partial charge >= 0.3 is 0 Å². The van der Waals surface area contributed by atoms with Crippen molar-refractivity contribution >= 4 is 39.0 Å². The molecule has 0 N–H and O–H groups in total. The predicted molar refractivity (Wildman–Crippen MR) is 247 cm³/mol. The molecule has 0 saturated carbocycles. The van der Waals surface area contributed by atoms with Crippen molar-refractivity contribution in [3.8, 4) is 11.8 Å². The number of fused-ring (bicyclic) bond motifs is 3. The lowest BCUT2D eigenvalue weighted by atomic mass is 9.82. The van der Waals surface area contributed by atoms with E-state index in [4.69, 9.17) is 0 Å². The molecule has 58 heavy (non-hydrogen) atoms. The summed E-state index contributed by atoms with van der Waals surface area (Å²) in [6.45, 7) is 2.77. The lowest BCUT2D eigenvalue weighted by Crippen LogP contribution is -2.41. The molecule has 4 nitrogen and oxygen atoms in total. The molecular weight excluding hydrogens is 709 g/mol. The van der Waals surface area contributed by atoms with Crippen molar-refractivity contribution in [3.63, 3.8) is 0 Å². The first-order valence-corrected chi connectivity index (χ1v) is 23.7. The quantitative estimate of drug-likeness (QED) is 0.0308. The maximum absolute atomic E-state index is 14.5. The van der Waals surface area contributed by atoms with E-state index < -0.39 is 0 Å². The van der Waals surface area contributed by atoms with E-state index >= 15 is 0 Å². The zero-order valence-corrected chi connectivity index (χ0v) is 36.5. The minimum atomic E-state index is -0.165. The van der Waals surface area contributed by atoms with E-state index in [0.717, 1.165) is 70.5 Å². The highest BCUT2D eigenvalue weighted by Crippen LogP contribution is 2.41. The van der Waals surface area contributed by atoms with Gasteiger partial charge in [-0.05, 0) is 95.8 Å². The summed E-state index contributed by atoms with van der Waals surface area (Å²) in [5.41, 5.74) is 7.00. The van der Waals surface area contributed by atoms with Crippen molar-refractivity contribution in [2.45, 2.75) is 174 Å². The molecule has 1 aliphatic carbocycles. The summed E-state index contributed by atoms with van der Waals surface area (Å²) >= 11 is 0. The highest BCUT2D eigenvalue weighted by molar-refractivity contribution is 6.31. The van der Waals surface area contributed by atoms with Crippen LogP contribution in [0.2, 0.25) is 0 Å². The van der Waals surface area contributed by atoms with Crippen LogP contribution >= 0.6 is 0 Å². The molecule has 4 heteroatoms. The molecule has 0 spiro atoms. The van der Waals surface area contributed by atoms with Gasteiger partial charge in [-0.15, -0.1) is 0 Å². The van der Waals surface area contributed by atoms with E-state index in [1.807, 2.05) is 26.2 Å². The lowest BCUT2D eigenvalue weighted by molar-refractivity contribution is 0.0609. The average Bonchev–Trinajstić information content (AvgIpc) is 3.24. The molecule has 0 saturated heterocycles. The second-order valence-electron chi connectivity index (χ2n) is 17.7. The number of anilines is 1. The lowest BCUT2D eigenvalue weighted by Gasteiger charge is -2.29. The zero-order valence-electron chi connectivity index (χ0n) is 36.5. The van der Waals surface area contributed by atoms with Gasteiger partial charge in [0.05, 0.1) is 5.56 Å². The highest BCUT2D eigenvalue weighted by atomic mass is 16.2. The number of nitrogens with zero attached hydrogens (tertiary/aromatic N) is 2. The number of carbonyl (C=O) groups excluding carboxylic acids is 2. The molecule has 0 radical (unpaired) electrons. The van der Waals surface area contributed by atoms with Crippen molar-refractivity contribution in [2.24, 2.45) is 0 Å². The molecule has 0 unspecified atom stereocenters. The van der Waals surface area contributed by atoms with Crippen molar-refractivity contribution in [2.75, 3.05) is 25.5 Å². The van der Waals surface area contributed by atoms with E-state index in [1.54, 1.807) is 4.90 Å². The second kappa shape index (κ2) is 22.9. The Morgan fingerprint density at radius 3 is 1.57 bits per heavy atom. The van der Waals surface area contributed by atoms with Crippen LogP contribution in [0, 0.1) is 11.8 Å². The molecule has 2 amide bonds. The van der Waals surface area contributed by atoms with Crippen LogP contribution in [-0.2, 0) is 12.8 Å². The second-order valence-corrected chi connectivity index (χ2v) is 17.7. The molecule has 4 aromatic carbocycles. The minimum absolute atomic E-state index is 0.142. The highest BCUT2D eigenvalue weighted by Gasteiger charge is 2.35. The number of rotatable bonds is 24. The average molecular weight is 781 g/mol. The molecule has 0 fully saturated rings. The summed E-state index contributed by atoms with van der Waals surface area (Å²) in [6, 6.07) is 18.8. The first kappa shape index (κ1) is 43.5. The van der Waals surface area contributed by atoms with E-state index in [0.29, 0.717) is 17.7 Å². The topological polar surface area (TPSA) is 40.6 Å².